The fourth-order valence-corrected chi connectivity index (χ4v) is 2.75. The van der Waals surface area contributed by atoms with E-state index in [-0.39, 0.29) is 0 Å². The van der Waals surface area contributed by atoms with Gasteiger partial charge in [0.05, 0.1) is 6.10 Å². The highest BCUT2D eigenvalue weighted by Gasteiger charge is 2.30. The molecule has 3 nitrogen and oxygen atoms in total. The molecule has 2 N–H and O–H groups in total. The molecule has 0 aromatic heterocycles. The lowest BCUT2D eigenvalue weighted by atomic mass is 9.88. The molecule has 2 aliphatic rings. The molecule has 0 aromatic rings. The molecule has 15 heavy (non-hydrogen) atoms. The fourth-order valence-electron chi connectivity index (χ4n) is 2.75. The van der Waals surface area contributed by atoms with Crippen LogP contribution in [-0.2, 0) is 4.74 Å². The zero-order valence-electron chi connectivity index (χ0n) is 9.96. The van der Waals surface area contributed by atoms with Crippen molar-refractivity contribution in [1.82, 2.24) is 10.6 Å². The van der Waals surface area contributed by atoms with Crippen LogP contribution in [-0.4, -0.2) is 37.9 Å². The summed E-state index contributed by atoms with van der Waals surface area (Å²) >= 11 is 0. The van der Waals surface area contributed by atoms with E-state index in [9.17, 15) is 0 Å². The summed E-state index contributed by atoms with van der Waals surface area (Å²) in [5.74, 6) is 0. The van der Waals surface area contributed by atoms with E-state index in [1.165, 1.54) is 38.6 Å². The van der Waals surface area contributed by atoms with Gasteiger partial charge in [-0.25, -0.2) is 0 Å². The van der Waals surface area contributed by atoms with Gasteiger partial charge in [0.25, 0.3) is 0 Å². The molecular formula is C12H24N2O. The number of methoxy groups -OCH3 is 1. The summed E-state index contributed by atoms with van der Waals surface area (Å²) in [5, 5.41) is 7.24. The number of ether oxygens (including phenoxy) is 1. The Morgan fingerprint density at radius 1 is 1.47 bits per heavy atom. The second-order valence-electron chi connectivity index (χ2n) is 5.12. The summed E-state index contributed by atoms with van der Waals surface area (Å²) in [5.41, 5.74) is 0. The molecule has 0 bridgehead atoms. The van der Waals surface area contributed by atoms with Crippen molar-refractivity contribution >= 4 is 0 Å². The van der Waals surface area contributed by atoms with Crippen LogP contribution in [0.2, 0.25) is 0 Å². The Kier molecular flexibility index (Phi) is 4.00. The van der Waals surface area contributed by atoms with Crippen LogP contribution >= 0.6 is 0 Å². The molecule has 0 amide bonds. The first kappa shape index (κ1) is 11.4. The Balaban J connectivity index is 1.58. The summed E-state index contributed by atoms with van der Waals surface area (Å²) in [6.45, 7) is 3.52. The molecule has 1 aliphatic heterocycles. The standard InChI is InChI=1S/C12H24N2O/c1-9(6-10-4-3-5-13-10)14-11-7-12(8-11)15-2/h9-14H,3-8H2,1-2H3. The lowest BCUT2D eigenvalue weighted by Gasteiger charge is -2.37. The predicted molar refractivity (Wildman–Crippen MR) is 62.1 cm³/mol. The molecule has 88 valence electrons. The monoisotopic (exact) mass is 212 g/mol. The van der Waals surface area contributed by atoms with Crippen LogP contribution in [0.1, 0.15) is 39.0 Å². The van der Waals surface area contributed by atoms with E-state index in [0.29, 0.717) is 18.2 Å². The largest absolute Gasteiger partial charge is 0.381 e. The number of nitrogens with one attached hydrogen (secondary N) is 2. The quantitative estimate of drug-likeness (QED) is 0.720. The van der Waals surface area contributed by atoms with Gasteiger partial charge >= 0.3 is 0 Å². The Labute approximate surface area is 93.0 Å². The predicted octanol–water partition coefficient (Wildman–Crippen LogP) is 1.28. The topological polar surface area (TPSA) is 33.3 Å². The van der Waals surface area contributed by atoms with Crippen LogP contribution in [0.3, 0.4) is 0 Å². The summed E-state index contributed by atoms with van der Waals surface area (Å²) < 4.78 is 5.28. The van der Waals surface area contributed by atoms with Crippen LogP contribution in [0, 0.1) is 0 Å². The van der Waals surface area contributed by atoms with Crippen LogP contribution in [0.4, 0.5) is 0 Å². The summed E-state index contributed by atoms with van der Waals surface area (Å²) in [6.07, 6.45) is 6.88. The fraction of sp³-hybridized carbons (Fsp3) is 1.00. The van der Waals surface area contributed by atoms with Gasteiger partial charge in [-0.2, -0.15) is 0 Å². The van der Waals surface area contributed by atoms with Gasteiger partial charge in [0, 0.05) is 25.2 Å². The van der Waals surface area contributed by atoms with Crippen molar-refractivity contribution in [1.29, 1.82) is 0 Å². The Hall–Kier alpha value is -0.120. The van der Waals surface area contributed by atoms with E-state index in [4.69, 9.17) is 4.74 Å². The second-order valence-corrected chi connectivity index (χ2v) is 5.12. The molecule has 1 heterocycles. The molecule has 2 fully saturated rings. The van der Waals surface area contributed by atoms with Crippen molar-refractivity contribution in [2.75, 3.05) is 13.7 Å². The van der Waals surface area contributed by atoms with E-state index in [1.54, 1.807) is 0 Å². The van der Waals surface area contributed by atoms with Crippen molar-refractivity contribution in [2.45, 2.75) is 63.3 Å². The number of rotatable bonds is 5. The van der Waals surface area contributed by atoms with Crippen LogP contribution < -0.4 is 10.6 Å². The van der Waals surface area contributed by atoms with Gasteiger partial charge in [0.2, 0.25) is 0 Å². The lowest BCUT2D eigenvalue weighted by molar-refractivity contribution is 0.0143. The normalized spacial score (nSPS) is 37.6. The van der Waals surface area contributed by atoms with Gasteiger partial charge in [-0.15, -0.1) is 0 Å². The summed E-state index contributed by atoms with van der Waals surface area (Å²) in [4.78, 5) is 0. The Bertz CT molecular complexity index is 186. The molecule has 0 radical (unpaired) electrons. The molecule has 0 spiro atoms. The second kappa shape index (κ2) is 5.28. The lowest BCUT2D eigenvalue weighted by Crippen LogP contribution is -2.49. The van der Waals surface area contributed by atoms with Gasteiger partial charge in [0.15, 0.2) is 0 Å². The van der Waals surface area contributed by atoms with Crippen molar-refractivity contribution in [2.24, 2.45) is 0 Å². The molecule has 0 aromatic carbocycles. The zero-order chi connectivity index (χ0) is 10.7. The van der Waals surface area contributed by atoms with Crippen LogP contribution in [0.5, 0.6) is 0 Å². The SMILES string of the molecule is COC1CC(NC(C)CC2CCCN2)C1. The molecular weight excluding hydrogens is 188 g/mol. The molecule has 3 heteroatoms. The molecule has 2 rings (SSSR count). The van der Waals surface area contributed by atoms with Gasteiger partial charge in [-0.3, -0.25) is 0 Å². The third-order valence-corrected chi connectivity index (χ3v) is 3.75. The first-order valence-electron chi connectivity index (χ1n) is 6.30. The van der Waals surface area contributed by atoms with Crippen LogP contribution in [0.15, 0.2) is 0 Å². The Morgan fingerprint density at radius 2 is 2.27 bits per heavy atom. The zero-order valence-corrected chi connectivity index (χ0v) is 9.96. The Morgan fingerprint density at radius 3 is 2.87 bits per heavy atom. The average molecular weight is 212 g/mol. The molecule has 1 saturated heterocycles. The van der Waals surface area contributed by atoms with Gasteiger partial charge < -0.3 is 15.4 Å². The van der Waals surface area contributed by atoms with Gasteiger partial charge in [-0.05, 0) is 45.6 Å². The van der Waals surface area contributed by atoms with E-state index >= 15 is 0 Å². The van der Waals surface area contributed by atoms with E-state index < -0.39 is 0 Å². The van der Waals surface area contributed by atoms with Crippen molar-refractivity contribution < 1.29 is 4.74 Å². The summed E-state index contributed by atoms with van der Waals surface area (Å²) in [6, 6.07) is 2.10. The van der Waals surface area contributed by atoms with E-state index in [0.717, 1.165) is 6.04 Å². The van der Waals surface area contributed by atoms with E-state index in [1.807, 2.05) is 7.11 Å². The molecule has 1 aliphatic carbocycles. The van der Waals surface area contributed by atoms with Crippen LogP contribution in [0.25, 0.3) is 0 Å². The molecule has 2 unspecified atom stereocenters. The highest BCUT2D eigenvalue weighted by Crippen LogP contribution is 2.23. The third-order valence-electron chi connectivity index (χ3n) is 3.75. The van der Waals surface area contributed by atoms with Gasteiger partial charge in [-0.1, -0.05) is 0 Å². The maximum Gasteiger partial charge on any atom is 0.0601 e. The minimum absolute atomic E-state index is 0.513. The third kappa shape index (κ3) is 3.16. The maximum atomic E-state index is 5.28. The van der Waals surface area contributed by atoms with Crippen molar-refractivity contribution in [3.8, 4) is 0 Å². The minimum Gasteiger partial charge on any atom is -0.381 e. The van der Waals surface area contributed by atoms with Crippen molar-refractivity contribution in [3.63, 3.8) is 0 Å². The van der Waals surface area contributed by atoms with Crippen molar-refractivity contribution in [3.05, 3.63) is 0 Å². The van der Waals surface area contributed by atoms with Gasteiger partial charge in [0.1, 0.15) is 0 Å². The molecule has 2 atom stereocenters. The highest BCUT2D eigenvalue weighted by atomic mass is 16.5. The number of hydrogen-bond acceptors (Lipinski definition) is 3. The smallest absolute Gasteiger partial charge is 0.0601 e. The van der Waals surface area contributed by atoms with E-state index in [2.05, 4.69) is 17.6 Å². The average Bonchev–Trinajstić information content (AvgIpc) is 2.63. The molecule has 1 saturated carbocycles. The minimum atomic E-state index is 0.513. The number of hydrogen-bond donors (Lipinski definition) is 2. The first-order valence-corrected chi connectivity index (χ1v) is 6.30. The maximum absolute atomic E-state index is 5.28. The summed E-state index contributed by atoms with van der Waals surface area (Å²) in [7, 11) is 1.81. The highest BCUT2D eigenvalue weighted by molar-refractivity contribution is 4.88. The first-order chi connectivity index (χ1) is 7.28.